The van der Waals surface area contributed by atoms with Gasteiger partial charge in [-0.3, -0.25) is 9.88 Å². The zero-order valence-electron chi connectivity index (χ0n) is 15.3. The van der Waals surface area contributed by atoms with Crippen LogP contribution in [-0.4, -0.2) is 26.6 Å². The van der Waals surface area contributed by atoms with Gasteiger partial charge < -0.3 is 4.42 Å². The van der Waals surface area contributed by atoms with Crippen LogP contribution in [-0.2, 0) is 6.54 Å². The van der Waals surface area contributed by atoms with Gasteiger partial charge in [0.05, 0.1) is 6.04 Å². The lowest BCUT2D eigenvalue weighted by atomic mass is 10.1. The molecule has 1 saturated heterocycles. The highest BCUT2D eigenvalue weighted by Gasteiger charge is 2.31. The van der Waals surface area contributed by atoms with E-state index in [1.165, 1.54) is 5.56 Å². The molecule has 0 amide bonds. The second kappa shape index (κ2) is 7.34. The summed E-state index contributed by atoms with van der Waals surface area (Å²) in [4.78, 5) is 6.88. The number of fused-ring (bicyclic) bond motifs is 1. The van der Waals surface area contributed by atoms with E-state index < -0.39 is 0 Å². The van der Waals surface area contributed by atoms with Crippen LogP contribution < -0.4 is 0 Å². The number of halogens is 1. The van der Waals surface area contributed by atoms with Gasteiger partial charge in [0.2, 0.25) is 5.89 Å². The molecule has 1 aliphatic rings. The van der Waals surface area contributed by atoms with Gasteiger partial charge in [-0.15, -0.1) is 10.2 Å². The molecule has 140 valence electrons. The highest BCUT2D eigenvalue weighted by Crippen LogP contribution is 2.34. The van der Waals surface area contributed by atoms with Crippen LogP contribution in [0.4, 0.5) is 0 Å². The molecule has 3 heterocycles. The molecule has 5 rings (SSSR count). The molecular formula is C22H19ClN4O. The maximum atomic E-state index is 6.10. The molecule has 2 aromatic carbocycles. The van der Waals surface area contributed by atoms with Crippen molar-refractivity contribution in [1.29, 1.82) is 0 Å². The van der Waals surface area contributed by atoms with Crippen molar-refractivity contribution in [2.45, 2.75) is 25.4 Å². The van der Waals surface area contributed by atoms with Gasteiger partial charge in [-0.2, -0.15) is 0 Å². The van der Waals surface area contributed by atoms with Crippen molar-refractivity contribution < 1.29 is 4.42 Å². The quantitative estimate of drug-likeness (QED) is 0.474. The van der Waals surface area contributed by atoms with Crippen LogP contribution in [0.3, 0.4) is 0 Å². The summed E-state index contributed by atoms with van der Waals surface area (Å²) in [5, 5.41) is 11.6. The Bertz CT molecular complexity index is 1100. The second-order valence-electron chi connectivity index (χ2n) is 7.08. The third kappa shape index (κ3) is 3.28. The molecule has 0 radical (unpaired) electrons. The predicted octanol–water partition coefficient (Wildman–Crippen LogP) is 5.28. The van der Waals surface area contributed by atoms with E-state index in [0.717, 1.165) is 47.4 Å². The van der Waals surface area contributed by atoms with Crippen LogP contribution in [0.1, 0.15) is 30.3 Å². The van der Waals surface area contributed by atoms with Gasteiger partial charge in [-0.05, 0) is 48.5 Å². The van der Waals surface area contributed by atoms with Crippen molar-refractivity contribution in [3.63, 3.8) is 0 Å². The van der Waals surface area contributed by atoms with E-state index in [1.54, 1.807) is 6.20 Å². The normalized spacial score (nSPS) is 17.4. The molecule has 0 N–H and O–H groups in total. The Morgan fingerprint density at radius 3 is 2.79 bits per heavy atom. The second-order valence-corrected chi connectivity index (χ2v) is 7.52. The molecule has 0 bridgehead atoms. The Morgan fingerprint density at radius 2 is 1.89 bits per heavy atom. The summed E-state index contributed by atoms with van der Waals surface area (Å²) in [7, 11) is 0. The monoisotopic (exact) mass is 390 g/mol. The molecule has 1 atom stereocenters. The summed E-state index contributed by atoms with van der Waals surface area (Å²) in [6.07, 6.45) is 3.91. The molecule has 1 aliphatic heterocycles. The molecule has 0 saturated carbocycles. The molecule has 0 aliphatic carbocycles. The predicted molar refractivity (Wildman–Crippen MR) is 109 cm³/mol. The van der Waals surface area contributed by atoms with Gasteiger partial charge in [-0.1, -0.05) is 48.0 Å². The lowest BCUT2D eigenvalue weighted by Crippen LogP contribution is -2.23. The first kappa shape index (κ1) is 17.3. The van der Waals surface area contributed by atoms with E-state index in [1.807, 2.05) is 36.4 Å². The van der Waals surface area contributed by atoms with E-state index in [2.05, 4.69) is 38.3 Å². The minimum absolute atomic E-state index is 0.131. The van der Waals surface area contributed by atoms with E-state index >= 15 is 0 Å². The van der Waals surface area contributed by atoms with Gasteiger partial charge in [0.25, 0.3) is 5.89 Å². The average Bonchev–Trinajstić information content (AvgIpc) is 3.38. The number of hydrogen-bond acceptors (Lipinski definition) is 5. The SMILES string of the molecule is Clc1ccc(CN2CCC[C@H]2c2nnc(-c3nccc4ccccc34)o2)cc1. The summed E-state index contributed by atoms with van der Waals surface area (Å²) in [6.45, 7) is 1.85. The zero-order chi connectivity index (χ0) is 18.9. The van der Waals surface area contributed by atoms with Gasteiger partial charge in [-0.25, -0.2) is 0 Å². The lowest BCUT2D eigenvalue weighted by molar-refractivity contribution is 0.215. The number of benzene rings is 2. The van der Waals surface area contributed by atoms with Crippen molar-refractivity contribution in [3.8, 4) is 11.6 Å². The Morgan fingerprint density at radius 1 is 1.04 bits per heavy atom. The first-order chi connectivity index (χ1) is 13.8. The van der Waals surface area contributed by atoms with Crippen molar-refractivity contribution in [2.75, 3.05) is 6.54 Å². The molecule has 6 heteroatoms. The number of likely N-dealkylation sites (tertiary alicyclic amines) is 1. The van der Waals surface area contributed by atoms with Crippen LogP contribution in [0.5, 0.6) is 0 Å². The molecule has 4 aromatic rings. The fraction of sp³-hybridized carbons (Fsp3) is 0.227. The molecule has 28 heavy (non-hydrogen) atoms. The van der Waals surface area contributed by atoms with Gasteiger partial charge in [0.15, 0.2) is 0 Å². The minimum Gasteiger partial charge on any atom is -0.418 e. The van der Waals surface area contributed by atoms with Gasteiger partial charge in [0, 0.05) is 23.2 Å². The summed E-state index contributed by atoms with van der Waals surface area (Å²) in [5.41, 5.74) is 1.96. The highest BCUT2D eigenvalue weighted by atomic mass is 35.5. The van der Waals surface area contributed by atoms with Crippen molar-refractivity contribution >= 4 is 22.4 Å². The average molecular weight is 391 g/mol. The van der Waals surface area contributed by atoms with Crippen LogP contribution in [0.25, 0.3) is 22.4 Å². The first-order valence-corrected chi connectivity index (χ1v) is 9.82. The first-order valence-electron chi connectivity index (χ1n) is 9.44. The minimum atomic E-state index is 0.131. The van der Waals surface area contributed by atoms with Crippen molar-refractivity contribution in [2.24, 2.45) is 0 Å². The van der Waals surface area contributed by atoms with Crippen LogP contribution in [0, 0.1) is 0 Å². The number of nitrogens with zero attached hydrogens (tertiary/aromatic N) is 4. The van der Waals surface area contributed by atoms with Crippen molar-refractivity contribution in [3.05, 3.63) is 77.3 Å². The molecule has 2 aromatic heterocycles. The number of pyridine rings is 1. The lowest BCUT2D eigenvalue weighted by Gasteiger charge is -2.21. The molecule has 1 fully saturated rings. The largest absolute Gasteiger partial charge is 0.418 e. The van der Waals surface area contributed by atoms with Gasteiger partial charge >= 0.3 is 0 Å². The Labute approximate surface area is 168 Å². The fourth-order valence-electron chi connectivity index (χ4n) is 3.87. The topological polar surface area (TPSA) is 55.1 Å². The fourth-order valence-corrected chi connectivity index (χ4v) is 4.00. The summed E-state index contributed by atoms with van der Waals surface area (Å²) in [5.74, 6) is 1.14. The summed E-state index contributed by atoms with van der Waals surface area (Å²) < 4.78 is 6.10. The van der Waals surface area contributed by atoms with Crippen LogP contribution in [0.15, 0.2) is 65.2 Å². The summed E-state index contributed by atoms with van der Waals surface area (Å²) in [6, 6.07) is 18.2. The Balaban J connectivity index is 1.42. The van der Waals surface area contributed by atoms with Crippen LogP contribution >= 0.6 is 11.6 Å². The maximum Gasteiger partial charge on any atom is 0.266 e. The van der Waals surface area contributed by atoms with Crippen LogP contribution in [0.2, 0.25) is 5.02 Å². The number of hydrogen-bond donors (Lipinski definition) is 0. The van der Waals surface area contributed by atoms with E-state index in [9.17, 15) is 0 Å². The molecule has 0 unspecified atom stereocenters. The van der Waals surface area contributed by atoms with E-state index in [-0.39, 0.29) is 6.04 Å². The Kier molecular flexibility index (Phi) is 4.55. The third-order valence-corrected chi connectivity index (χ3v) is 5.52. The number of rotatable bonds is 4. The molecule has 0 spiro atoms. The highest BCUT2D eigenvalue weighted by molar-refractivity contribution is 6.30. The Hall–Kier alpha value is -2.76. The maximum absolute atomic E-state index is 6.10. The molecular weight excluding hydrogens is 372 g/mol. The van der Waals surface area contributed by atoms with E-state index in [4.69, 9.17) is 16.0 Å². The van der Waals surface area contributed by atoms with E-state index in [0.29, 0.717) is 11.8 Å². The standard InChI is InChI=1S/C22H19ClN4O/c23-17-9-7-15(8-10-17)14-27-13-3-6-19(27)21-25-26-22(28-21)20-18-5-2-1-4-16(18)11-12-24-20/h1-2,4-5,7-12,19H,3,6,13-14H2/t19-/m0/s1. The third-order valence-electron chi connectivity index (χ3n) is 5.26. The molecule has 5 nitrogen and oxygen atoms in total. The summed E-state index contributed by atoms with van der Waals surface area (Å²) >= 11 is 6.00. The van der Waals surface area contributed by atoms with Crippen molar-refractivity contribution in [1.82, 2.24) is 20.1 Å². The number of aromatic nitrogens is 3. The smallest absolute Gasteiger partial charge is 0.266 e. The van der Waals surface area contributed by atoms with Gasteiger partial charge in [0.1, 0.15) is 5.69 Å². The zero-order valence-corrected chi connectivity index (χ0v) is 16.0.